The van der Waals surface area contributed by atoms with Crippen LogP contribution in [-0.4, -0.2) is 51.9 Å². The van der Waals surface area contributed by atoms with Crippen LogP contribution in [0.2, 0.25) is 0 Å². The molecule has 4 bridgehead atoms. The minimum absolute atomic E-state index is 0.0751. The first-order chi connectivity index (χ1) is 13.9. The standard InChI is InChI=1S/C22H32N4O3/c1-12(2)18-17(10-23-21(26-18)24-16-3-4-29-11-16)20(27)25-19-14-5-13-6-15(19)9-22(28,7-13)8-14/h10,12-16,19,28H,3-9,11H2,1-2H3,(H,25,27)(H,23,24,26). The van der Waals surface area contributed by atoms with Crippen molar-refractivity contribution in [3.05, 3.63) is 17.5 Å². The van der Waals surface area contributed by atoms with Crippen LogP contribution >= 0.6 is 0 Å². The molecule has 1 aliphatic heterocycles. The largest absolute Gasteiger partial charge is 0.390 e. The molecule has 7 nitrogen and oxygen atoms in total. The Morgan fingerprint density at radius 3 is 2.66 bits per heavy atom. The molecule has 4 saturated carbocycles. The summed E-state index contributed by atoms with van der Waals surface area (Å²) in [6, 6.07) is 0.390. The van der Waals surface area contributed by atoms with E-state index in [1.807, 2.05) is 0 Å². The fraction of sp³-hybridized carbons (Fsp3) is 0.773. The highest BCUT2D eigenvalue weighted by Gasteiger charge is 2.55. The van der Waals surface area contributed by atoms with Gasteiger partial charge in [0.1, 0.15) is 0 Å². The van der Waals surface area contributed by atoms with E-state index in [0.717, 1.165) is 50.8 Å². The van der Waals surface area contributed by atoms with Crippen LogP contribution < -0.4 is 10.6 Å². The molecular formula is C22H32N4O3. The first kappa shape index (κ1) is 19.2. The van der Waals surface area contributed by atoms with Gasteiger partial charge in [0.25, 0.3) is 5.91 Å². The quantitative estimate of drug-likeness (QED) is 0.703. The first-order valence-corrected chi connectivity index (χ1v) is 11.1. The van der Waals surface area contributed by atoms with E-state index in [9.17, 15) is 9.90 Å². The Bertz CT molecular complexity index is 776. The maximum absolute atomic E-state index is 13.2. The molecule has 0 spiro atoms. The lowest BCUT2D eigenvalue weighted by Crippen LogP contribution is -2.61. The van der Waals surface area contributed by atoms with Crippen molar-refractivity contribution in [3.8, 4) is 0 Å². The van der Waals surface area contributed by atoms with Gasteiger partial charge in [-0.05, 0) is 62.2 Å². The molecule has 0 radical (unpaired) electrons. The molecule has 29 heavy (non-hydrogen) atoms. The highest BCUT2D eigenvalue weighted by molar-refractivity contribution is 5.95. The minimum Gasteiger partial charge on any atom is -0.390 e. The summed E-state index contributed by atoms with van der Waals surface area (Å²) in [5, 5.41) is 17.4. The van der Waals surface area contributed by atoms with Crippen molar-refractivity contribution in [2.45, 2.75) is 76.0 Å². The van der Waals surface area contributed by atoms with Crippen molar-refractivity contribution in [1.29, 1.82) is 0 Å². The molecule has 1 amide bonds. The zero-order valence-corrected chi connectivity index (χ0v) is 17.4. The second-order valence-electron chi connectivity index (χ2n) is 10.0. The molecule has 5 fully saturated rings. The van der Waals surface area contributed by atoms with E-state index < -0.39 is 5.60 Å². The fourth-order valence-electron chi connectivity index (χ4n) is 6.36. The molecule has 2 heterocycles. The van der Waals surface area contributed by atoms with Gasteiger partial charge in [-0.1, -0.05) is 13.8 Å². The third-order valence-corrected chi connectivity index (χ3v) is 7.41. The van der Waals surface area contributed by atoms with Gasteiger partial charge in [-0.3, -0.25) is 4.79 Å². The molecule has 6 rings (SSSR count). The van der Waals surface area contributed by atoms with Gasteiger partial charge in [0.05, 0.1) is 29.5 Å². The van der Waals surface area contributed by atoms with Gasteiger partial charge in [-0.25, -0.2) is 9.97 Å². The first-order valence-electron chi connectivity index (χ1n) is 11.1. The summed E-state index contributed by atoms with van der Waals surface area (Å²) in [4.78, 5) is 22.3. The number of carbonyl (C=O) groups excluding carboxylic acids is 1. The van der Waals surface area contributed by atoms with Crippen molar-refractivity contribution >= 4 is 11.9 Å². The Labute approximate surface area is 172 Å². The Kier molecular flexibility index (Phi) is 4.78. The Hall–Kier alpha value is -1.73. The van der Waals surface area contributed by atoms with E-state index in [-0.39, 0.29) is 23.9 Å². The van der Waals surface area contributed by atoms with Crippen molar-refractivity contribution in [2.24, 2.45) is 17.8 Å². The summed E-state index contributed by atoms with van der Waals surface area (Å²) in [6.07, 6.45) is 7.47. The molecular weight excluding hydrogens is 368 g/mol. The van der Waals surface area contributed by atoms with Gasteiger partial charge in [-0.2, -0.15) is 0 Å². The summed E-state index contributed by atoms with van der Waals surface area (Å²) in [5.74, 6) is 2.03. The molecule has 4 aliphatic carbocycles. The monoisotopic (exact) mass is 400 g/mol. The van der Waals surface area contributed by atoms with Crippen molar-refractivity contribution in [1.82, 2.24) is 15.3 Å². The number of carbonyl (C=O) groups is 1. The third-order valence-electron chi connectivity index (χ3n) is 7.41. The number of hydrogen-bond donors (Lipinski definition) is 3. The lowest BCUT2D eigenvalue weighted by Gasteiger charge is -2.58. The summed E-state index contributed by atoms with van der Waals surface area (Å²) in [7, 11) is 0. The highest BCUT2D eigenvalue weighted by Crippen LogP contribution is 2.55. The van der Waals surface area contributed by atoms with Crippen LogP contribution in [0, 0.1) is 17.8 Å². The maximum Gasteiger partial charge on any atom is 0.254 e. The molecule has 1 aromatic rings. The predicted octanol–water partition coefficient (Wildman–Crippen LogP) is 2.47. The van der Waals surface area contributed by atoms with E-state index in [0.29, 0.717) is 35.9 Å². The van der Waals surface area contributed by atoms with Crippen LogP contribution in [0.3, 0.4) is 0 Å². The minimum atomic E-state index is -0.485. The topological polar surface area (TPSA) is 96.4 Å². The summed E-state index contributed by atoms with van der Waals surface area (Å²) in [6.45, 7) is 5.54. The van der Waals surface area contributed by atoms with Crippen LogP contribution in [0.5, 0.6) is 0 Å². The van der Waals surface area contributed by atoms with Crippen molar-refractivity contribution < 1.29 is 14.6 Å². The maximum atomic E-state index is 13.2. The fourth-order valence-corrected chi connectivity index (χ4v) is 6.36. The lowest BCUT2D eigenvalue weighted by atomic mass is 9.52. The number of hydrogen-bond acceptors (Lipinski definition) is 6. The van der Waals surface area contributed by atoms with Crippen LogP contribution in [0.15, 0.2) is 6.20 Å². The average Bonchev–Trinajstić information content (AvgIpc) is 3.16. The molecule has 5 aliphatic rings. The number of ether oxygens (including phenoxy) is 1. The SMILES string of the molecule is CC(C)c1nc(NC2CCOC2)ncc1C(=O)NC1C2CC3CC1CC(O)(C3)C2. The molecule has 1 aromatic heterocycles. The van der Waals surface area contributed by atoms with Crippen LogP contribution in [0.4, 0.5) is 5.95 Å². The Morgan fingerprint density at radius 1 is 1.28 bits per heavy atom. The number of nitrogens with one attached hydrogen (secondary N) is 2. The number of nitrogens with zero attached hydrogens (tertiary/aromatic N) is 2. The predicted molar refractivity (Wildman–Crippen MR) is 109 cm³/mol. The molecule has 158 valence electrons. The Balaban J connectivity index is 1.33. The number of rotatable bonds is 5. The zero-order valence-electron chi connectivity index (χ0n) is 17.4. The molecule has 3 atom stereocenters. The van der Waals surface area contributed by atoms with E-state index in [1.54, 1.807) is 6.20 Å². The van der Waals surface area contributed by atoms with Crippen LogP contribution in [0.25, 0.3) is 0 Å². The highest BCUT2D eigenvalue weighted by atomic mass is 16.5. The Morgan fingerprint density at radius 2 is 2.03 bits per heavy atom. The number of amides is 1. The smallest absolute Gasteiger partial charge is 0.254 e. The summed E-state index contributed by atoms with van der Waals surface area (Å²) >= 11 is 0. The number of aromatic nitrogens is 2. The van der Waals surface area contributed by atoms with Gasteiger partial charge >= 0.3 is 0 Å². The zero-order chi connectivity index (χ0) is 20.2. The van der Waals surface area contributed by atoms with Gasteiger partial charge in [0.2, 0.25) is 5.95 Å². The van der Waals surface area contributed by atoms with E-state index in [1.165, 1.54) is 0 Å². The normalized spacial score (nSPS) is 37.9. The second-order valence-corrected chi connectivity index (χ2v) is 10.0. The van der Waals surface area contributed by atoms with Crippen molar-refractivity contribution in [2.75, 3.05) is 18.5 Å². The summed E-state index contributed by atoms with van der Waals surface area (Å²) < 4.78 is 5.41. The second kappa shape index (κ2) is 7.20. The molecule has 1 saturated heterocycles. The van der Waals surface area contributed by atoms with Crippen LogP contribution in [0.1, 0.15) is 74.3 Å². The molecule has 7 heteroatoms. The van der Waals surface area contributed by atoms with Crippen LogP contribution in [-0.2, 0) is 4.74 Å². The molecule has 3 N–H and O–H groups in total. The molecule has 3 unspecified atom stereocenters. The van der Waals surface area contributed by atoms with Gasteiger partial charge in [0, 0.05) is 18.8 Å². The number of aliphatic hydroxyl groups is 1. The van der Waals surface area contributed by atoms with Crippen molar-refractivity contribution in [3.63, 3.8) is 0 Å². The number of anilines is 1. The lowest BCUT2D eigenvalue weighted by molar-refractivity contribution is -0.136. The average molecular weight is 401 g/mol. The summed E-state index contributed by atoms with van der Waals surface area (Å²) in [5.41, 5.74) is 0.864. The van der Waals surface area contributed by atoms with Gasteiger partial charge < -0.3 is 20.5 Å². The third kappa shape index (κ3) is 3.63. The van der Waals surface area contributed by atoms with Gasteiger partial charge in [0.15, 0.2) is 0 Å². The van der Waals surface area contributed by atoms with E-state index >= 15 is 0 Å². The van der Waals surface area contributed by atoms with Gasteiger partial charge in [-0.15, -0.1) is 0 Å². The molecule has 0 aromatic carbocycles. The van der Waals surface area contributed by atoms with E-state index in [2.05, 4.69) is 34.4 Å². The van der Waals surface area contributed by atoms with E-state index in [4.69, 9.17) is 4.74 Å².